The highest BCUT2D eigenvalue weighted by Crippen LogP contribution is 2.36. The second-order valence-corrected chi connectivity index (χ2v) is 5.56. The van der Waals surface area contributed by atoms with Gasteiger partial charge in [-0.3, -0.25) is 4.79 Å². The lowest BCUT2D eigenvalue weighted by Gasteiger charge is -2.24. The number of fused-ring (bicyclic) bond motifs is 1. The van der Waals surface area contributed by atoms with Crippen molar-refractivity contribution in [2.45, 2.75) is 37.1 Å². The first-order chi connectivity index (χ1) is 7.63. The molecule has 2 heterocycles. The highest BCUT2D eigenvalue weighted by molar-refractivity contribution is 8.00. The monoisotopic (exact) mass is 279 g/mol. The van der Waals surface area contributed by atoms with Gasteiger partial charge in [0.2, 0.25) is 5.91 Å². The number of amides is 3. The summed E-state index contributed by atoms with van der Waals surface area (Å²) in [6, 6.07) is 0.0859. The SMILES string of the molecule is CCCC(C(N)=O)[C@@H]1SC[C@@H]2NC(=O)N[C@@H]21.Cl. The number of hydrogen-bond donors (Lipinski definition) is 3. The molecular weight excluding hydrogens is 262 g/mol. The second kappa shape index (κ2) is 5.82. The van der Waals surface area contributed by atoms with Gasteiger partial charge in [0, 0.05) is 11.0 Å². The van der Waals surface area contributed by atoms with Gasteiger partial charge in [-0.25, -0.2) is 4.79 Å². The van der Waals surface area contributed by atoms with Crippen molar-refractivity contribution in [2.24, 2.45) is 11.7 Å². The van der Waals surface area contributed by atoms with E-state index >= 15 is 0 Å². The molecule has 0 radical (unpaired) electrons. The molecule has 2 fully saturated rings. The molecular formula is C10H18ClN3O2S. The van der Waals surface area contributed by atoms with E-state index in [1.807, 2.05) is 6.92 Å². The minimum absolute atomic E-state index is 0. The number of hydrogen-bond acceptors (Lipinski definition) is 3. The quantitative estimate of drug-likeness (QED) is 0.654. The van der Waals surface area contributed by atoms with Crippen LogP contribution in [0.5, 0.6) is 0 Å². The van der Waals surface area contributed by atoms with Gasteiger partial charge in [-0.2, -0.15) is 11.8 Å². The van der Waals surface area contributed by atoms with E-state index in [-0.39, 0.29) is 47.6 Å². The zero-order valence-electron chi connectivity index (χ0n) is 9.64. The molecule has 0 saturated carbocycles. The molecule has 0 aromatic carbocycles. The minimum Gasteiger partial charge on any atom is -0.369 e. The molecule has 0 bridgehead atoms. The first-order valence-electron chi connectivity index (χ1n) is 5.61. The molecule has 3 amide bonds. The number of carbonyl (C=O) groups is 2. The average Bonchev–Trinajstić information content (AvgIpc) is 2.73. The van der Waals surface area contributed by atoms with Gasteiger partial charge in [0.1, 0.15) is 0 Å². The number of primary amides is 1. The van der Waals surface area contributed by atoms with Crippen LogP contribution >= 0.6 is 24.2 Å². The topological polar surface area (TPSA) is 84.2 Å². The summed E-state index contributed by atoms with van der Waals surface area (Å²) in [7, 11) is 0. The van der Waals surface area contributed by atoms with Crippen LogP contribution in [0, 0.1) is 5.92 Å². The number of nitrogens with two attached hydrogens (primary N) is 1. The first kappa shape index (κ1) is 14.4. The average molecular weight is 280 g/mol. The number of nitrogens with one attached hydrogen (secondary N) is 2. The van der Waals surface area contributed by atoms with Gasteiger partial charge in [0.05, 0.1) is 18.0 Å². The van der Waals surface area contributed by atoms with Gasteiger partial charge in [0.25, 0.3) is 0 Å². The zero-order chi connectivity index (χ0) is 11.7. The molecule has 4 atom stereocenters. The molecule has 1 unspecified atom stereocenters. The fourth-order valence-electron chi connectivity index (χ4n) is 2.47. The summed E-state index contributed by atoms with van der Waals surface area (Å²) in [6.07, 6.45) is 1.73. The Balaban J connectivity index is 0.00000144. The van der Waals surface area contributed by atoms with E-state index in [1.165, 1.54) is 0 Å². The Morgan fingerprint density at radius 3 is 2.88 bits per heavy atom. The van der Waals surface area contributed by atoms with Crippen LogP contribution in [0.1, 0.15) is 19.8 Å². The molecule has 98 valence electrons. The molecule has 5 nitrogen and oxygen atoms in total. The van der Waals surface area contributed by atoms with E-state index in [0.29, 0.717) is 0 Å². The summed E-state index contributed by atoms with van der Waals surface area (Å²) in [5.74, 6) is 0.480. The van der Waals surface area contributed by atoms with Crippen LogP contribution in [0.25, 0.3) is 0 Å². The minimum atomic E-state index is -0.249. The summed E-state index contributed by atoms with van der Waals surface area (Å²) in [5.41, 5.74) is 5.43. The van der Waals surface area contributed by atoms with E-state index in [4.69, 9.17) is 5.73 Å². The smallest absolute Gasteiger partial charge is 0.315 e. The Labute approximate surface area is 111 Å². The van der Waals surface area contributed by atoms with Gasteiger partial charge in [-0.05, 0) is 6.42 Å². The van der Waals surface area contributed by atoms with Crippen LogP contribution in [0.4, 0.5) is 4.79 Å². The first-order valence-corrected chi connectivity index (χ1v) is 6.66. The molecule has 0 aromatic heterocycles. The molecule has 2 aliphatic heterocycles. The highest BCUT2D eigenvalue weighted by Gasteiger charge is 2.47. The van der Waals surface area contributed by atoms with Crippen molar-refractivity contribution in [3.63, 3.8) is 0 Å². The van der Waals surface area contributed by atoms with Crippen LogP contribution in [0.15, 0.2) is 0 Å². The maximum atomic E-state index is 11.4. The molecule has 0 spiro atoms. The van der Waals surface area contributed by atoms with Crippen LogP contribution in [0.3, 0.4) is 0 Å². The van der Waals surface area contributed by atoms with Crippen molar-refractivity contribution in [1.29, 1.82) is 0 Å². The highest BCUT2D eigenvalue weighted by atomic mass is 35.5. The third-order valence-electron chi connectivity index (χ3n) is 3.23. The van der Waals surface area contributed by atoms with Gasteiger partial charge >= 0.3 is 6.03 Å². The molecule has 4 N–H and O–H groups in total. The zero-order valence-corrected chi connectivity index (χ0v) is 11.3. The van der Waals surface area contributed by atoms with Crippen molar-refractivity contribution in [2.75, 3.05) is 5.75 Å². The third kappa shape index (κ3) is 2.80. The summed E-state index contributed by atoms with van der Waals surface area (Å²) in [5, 5.41) is 5.87. The molecule has 7 heteroatoms. The Hall–Kier alpha value is -0.620. The van der Waals surface area contributed by atoms with Crippen molar-refractivity contribution in [3.05, 3.63) is 0 Å². The number of thioether (sulfide) groups is 1. The van der Waals surface area contributed by atoms with E-state index in [2.05, 4.69) is 10.6 Å². The number of rotatable bonds is 4. The molecule has 0 aromatic rings. The molecule has 0 aliphatic carbocycles. The Kier molecular flexibility index (Phi) is 4.94. The standard InChI is InChI=1S/C10H17N3O2S.ClH/c1-2-3-5(9(11)14)8-7-6(4-16-8)12-10(15)13-7;/h5-8H,2-4H2,1H3,(H2,11,14)(H2,12,13,15);1H/t5?,6-,7-,8-;/m0./s1. The van der Waals surface area contributed by atoms with Crippen molar-refractivity contribution < 1.29 is 9.59 Å². The van der Waals surface area contributed by atoms with E-state index in [1.54, 1.807) is 11.8 Å². The Morgan fingerprint density at radius 1 is 1.59 bits per heavy atom. The van der Waals surface area contributed by atoms with E-state index in [0.717, 1.165) is 18.6 Å². The van der Waals surface area contributed by atoms with Crippen molar-refractivity contribution in [1.82, 2.24) is 10.6 Å². The van der Waals surface area contributed by atoms with Crippen LogP contribution < -0.4 is 16.4 Å². The van der Waals surface area contributed by atoms with Crippen molar-refractivity contribution >= 4 is 36.1 Å². The number of halogens is 1. The molecule has 2 saturated heterocycles. The number of urea groups is 1. The summed E-state index contributed by atoms with van der Waals surface area (Å²) < 4.78 is 0. The lowest BCUT2D eigenvalue weighted by molar-refractivity contribution is -0.122. The van der Waals surface area contributed by atoms with Crippen LogP contribution in [-0.4, -0.2) is 35.0 Å². The fraction of sp³-hybridized carbons (Fsp3) is 0.800. The second-order valence-electron chi connectivity index (χ2n) is 4.35. The summed E-state index contributed by atoms with van der Waals surface area (Å²) in [4.78, 5) is 22.6. The molecule has 2 rings (SSSR count). The maximum absolute atomic E-state index is 11.4. The largest absolute Gasteiger partial charge is 0.369 e. The van der Waals surface area contributed by atoms with Gasteiger partial charge in [-0.1, -0.05) is 13.3 Å². The normalized spacial score (nSPS) is 32.1. The summed E-state index contributed by atoms with van der Waals surface area (Å²) in [6.45, 7) is 2.04. The van der Waals surface area contributed by atoms with Gasteiger partial charge < -0.3 is 16.4 Å². The molecule has 17 heavy (non-hydrogen) atoms. The lowest BCUT2D eigenvalue weighted by atomic mass is 9.92. The number of carbonyl (C=O) groups excluding carboxylic acids is 2. The lowest BCUT2D eigenvalue weighted by Crippen LogP contribution is -2.44. The van der Waals surface area contributed by atoms with Crippen LogP contribution in [-0.2, 0) is 4.79 Å². The summed E-state index contributed by atoms with van der Waals surface area (Å²) >= 11 is 1.73. The van der Waals surface area contributed by atoms with E-state index < -0.39 is 0 Å². The van der Waals surface area contributed by atoms with Gasteiger partial charge in [0.15, 0.2) is 0 Å². The van der Waals surface area contributed by atoms with Crippen molar-refractivity contribution in [3.8, 4) is 0 Å². The predicted molar refractivity (Wildman–Crippen MR) is 70.3 cm³/mol. The van der Waals surface area contributed by atoms with Crippen LogP contribution in [0.2, 0.25) is 0 Å². The maximum Gasteiger partial charge on any atom is 0.315 e. The van der Waals surface area contributed by atoms with E-state index in [9.17, 15) is 9.59 Å². The van der Waals surface area contributed by atoms with Gasteiger partial charge in [-0.15, -0.1) is 12.4 Å². The fourth-order valence-corrected chi connectivity index (χ4v) is 4.16. The predicted octanol–water partition coefficient (Wildman–Crippen LogP) is 0.475. The Morgan fingerprint density at radius 2 is 2.29 bits per heavy atom. The Bertz CT molecular complexity index is 316. The molecule has 2 aliphatic rings. The third-order valence-corrected chi connectivity index (χ3v) is 4.79.